The van der Waals surface area contributed by atoms with E-state index in [-0.39, 0.29) is 6.42 Å². The highest BCUT2D eigenvalue weighted by Gasteiger charge is 2.12. The van der Waals surface area contributed by atoms with E-state index in [1.807, 2.05) is 38.4 Å². The van der Waals surface area contributed by atoms with Gasteiger partial charge in [0.1, 0.15) is 5.75 Å². The highest BCUT2D eigenvalue weighted by atomic mass is 16.5. The minimum atomic E-state index is -0.780. The highest BCUT2D eigenvalue weighted by molar-refractivity contribution is 5.68. The fourth-order valence-electron chi connectivity index (χ4n) is 2.05. The average Bonchev–Trinajstić information content (AvgIpc) is 2.42. The number of carboxylic acids is 1. The Morgan fingerprint density at radius 3 is 2.50 bits per heavy atom. The SMILES string of the molecule is COc1ccccc1N(CCCN(C)C)CCC(=O)O. The molecule has 1 N–H and O–H groups in total. The molecule has 0 aliphatic rings. The summed E-state index contributed by atoms with van der Waals surface area (Å²) in [7, 11) is 5.70. The topological polar surface area (TPSA) is 53.0 Å². The zero-order valence-corrected chi connectivity index (χ0v) is 12.5. The molecule has 0 spiro atoms. The first-order valence-corrected chi connectivity index (χ1v) is 6.79. The molecule has 0 fully saturated rings. The Morgan fingerprint density at radius 2 is 1.90 bits per heavy atom. The number of ether oxygens (including phenoxy) is 1. The van der Waals surface area contributed by atoms with Crippen molar-refractivity contribution in [2.45, 2.75) is 12.8 Å². The standard InChI is InChI=1S/C15H24N2O3/c1-16(2)10-6-11-17(12-9-15(18)19)13-7-4-5-8-14(13)20-3/h4-5,7-8H,6,9-12H2,1-3H3,(H,18,19). The average molecular weight is 280 g/mol. The van der Waals surface area contributed by atoms with Crippen LogP contribution in [-0.4, -0.2) is 56.8 Å². The molecule has 0 radical (unpaired) electrons. The molecule has 20 heavy (non-hydrogen) atoms. The van der Waals surface area contributed by atoms with Crippen LogP contribution in [0.25, 0.3) is 0 Å². The number of methoxy groups -OCH3 is 1. The number of carboxylic acid groups (broad SMARTS) is 1. The summed E-state index contributed by atoms with van der Waals surface area (Å²) < 4.78 is 5.36. The van der Waals surface area contributed by atoms with Crippen LogP contribution in [0, 0.1) is 0 Å². The molecule has 1 rings (SSSR count). The molecule has 0 bridgehead atoms. The van der Waals surface area contributed by atoms with Crippen molar-refractivity contribution in [1.29, 1.82) is 0 Å². The van der Waals surface area contributed by atoms with Gasteiger partial charge in [0, 0.05) is 13.1 Å². The number of rotatable bonds is 9. The van der Waals surface area contributed by atoms with Crippen LogP contribution in [0.3, 0.4) is 0 Å². The van der Waals surface area contributed by atoms with Crippen LogP contribution in [0.5, 0.6) is 5.75 Å². The molecular weight excluding hydrogens is 256 g/mol. The molecule has 1 aromatic rings. The molecule has 0 amide bonds. The van der Waals surface area contributed by atoms with E-state index in [2.05, 4.69) is 9.80 Å². The Morgan fingerprint density at radius 1 is 1.20 bits per heavy atom. The number of carbonyl (C=O) groups is 1. The number of hydrogen-bond acceptors (Lipinski definition) is 4. The molecule has 0 unspecified atom stereocenters. The lowest BCUT2D eigenvalue weighted by Crippen LogP contribution is -2.29. The maximum atomic E-state index is 10.8. The van der Waals surface area contributed by atoms with Gasteiger partial charge in [0.2, 0.25) is 0 Å². The van der Waals surface area contributed by atoms with E-state index in [1.54, 1.807) is 7.11 Å². The maximum absolute atomic E-state index is 10.8. The van der Waals surface area contributed by atoms with Gasteiger partial charge in [-0.3, -0.25) is 4.79 Å². The first kappa shape index (κ1) is 16.3. The van der Waals surface area contributed by atoms with Crippen LogP contribution in [-0.2, 0) is 4.79 Å². The Labute approximate surface area is 120 Å². The van der Waals surface area contributed by atoms with E-state index >= 15 is 0 Å². The van der Waals surface area contributed by atoms with Gasteiger partial charge in [0.15, 0.2) is 0 Å². The predicted octanol–water partition coefficient (Wildman–Crippen LogP) is 1.93. The molecule has 0 heterocycles. The zero-order chi connectivity index (χ0) is 15.0. The smallest absolute Gasteiger partial charge is 0.305 e. The van der Waals surface area contributed by atoms with E-state index in [0.717, 1.165) is 30.9 Å². The van der Waals surface area contributed by atoms with E-state index in [0.29, 0.717) is 6.54 Å². The third-order valence-corrected chi connectivity index (χ3v) is 3.05. The van der Waals surface area contributed by atoms with Gasteiger partial charge in [0.25, 0.3) is 0 Å². The summed E-state index contributed by atoms with van der Waals surface area (Å²) >= 11 is 0. The van der Waals surface area contributed by atoms with Gasteiger partial charge in [0.05, 0.1) is 19.2 Å². The number of aliphatic carboxylic acids is 1. The molecule has 1 aromatic carbocycles. The summed E-state index contributed by atoms with van der Waals surface area (Å²) in [5, 5.41) is 8.88. The van der Waals surface area contributed by atoms with Gasteiger partial charge in [-0.15, -0.1) is 0 Å². The molecule has 0 saturated carbocycles. The lowest BCUT2D eigenvalue weighted by Gasteiger charge is -2.26. The third kappa shape index (κ3) is 5.48. The Kier molecular flexibility index (Phi) is 6.87. The second-order valence-corrected chi connectivity index (χ2v) is 4.96. The van der Waals surface area contributed by atoms with Crippen LogP contribution in [0.1, 0.15) is 12.8 Å². The number of benzene rings is 1. The molecule has 0 aliphatic heterocycles. The number of nitrogens with zero attached hydrogens (tertiary/aromatic N) is 2. The number of anilines is 1. The molecular formula is C15H24N2O3. The quantitative estimate of drug-likeness (QED) is 0.749. The molecule has 112 valence electrons. The fourth-order valence-corrected chi connectivity index (χ4v) is 2.05. The Bertz CT molecular complexity index is 421. The number of para-hydroxylation sites is 2. The van der Waals surface area contributed by atoms with Gasteiger partial charge in [-0.1, -0.05) is 12.1 Å². The molecule has 0 aromatic heterocycles. The van der Waals surface area contributed by atoms with Gasteiger partial charge >= 0.3 is 5.97 Å². The summed E-state index contributed by atoms with van der Waals surface area (Å²) in [6, 6.07) is 7.72. The van der Waals surface area contributed by atoms with Crippen molar-refractivity contribution in [3.63, 3.8) is 0 Å². The van der Waals surface area contributed by atoms with Gasteiger partial charge in [-0.05, 0) is 39.2 Å². The lowest BCUT2D eigenvalue weighted by molar-refractivity contribution is -0.136. The summed E-state index contributed by atoms with van der Waals surface area (Å²) in [5.41, 5.74) is 0.954. The Hall–Kier alpha value is -1.75. The lowest BCUT2D eigenvalue weighted by atomic mass is 10.2. The summed E-state index contributed by atoms with van der Waals surface area (Å²) in [5.74, 6) is 0.000231. The van der Waals surface area contributed by atoms with E-state index in [1.165, 1.54) is 0 Å². The normalized spacial score (nSPS) is 10.6. The van der Waals surface area contributed by atoms with Crippen molar-refractivity contribution in [3.8, 4) is 5.75 Å². The Balaban J connectivity index is 2.76. The summed E-state index contributed by atoms with van der Waals surface area (Å²) in [6.07, 6.45) is 1.10. The first-order valence-electron chi connectivity index (χ1n) is 6.79. The fraction of sp³-hybridized carbons (Fsp3) is 0.533. The summed E-state index contributed by atoms with van der Waals surface area (Å²) in [4.78, 5) is 15.0. The molecule has 0 saturated heterocycles. The van der Waals surface area contributed by atoms with Crippen LogP contribution in [0.4, 0.5) is 5.69 Å². The van der Waals surface area contributed by atoms with Crippen molar-refractivity contribution in [2.75, 3.05) is 45.7 Å². The van der Waals surface area contributed by atoms with Crippen molar-refractivity contribution < 1.29 is 14.6 Å². The molecule has 0 aliphatic carbocycles. The second-order valence-electron chi connectivity index (χ2n) is 4.96. The maximum Gasteiger partial charge on any atom is 0.305 e. The summed E-state index contributed by atoms with van der Waals surface area (Å²) in [6.45, 7) is 2.27. The van der Waals surface area contributed by atoms with Gasteiger partial charge in [-0.25, -0.2) is 0 Å². The monoisotopic (exact) mass is 280 g/mol. The van der Waals surface area contributed by atoms with Crippen LogP contribution < -0.4 is 9.64 Å². The minimum absolute atomic E-state index is 0.125. The van der Waals surface area contributed by atoms with Crippen LogP contribution in [0.2, 0.25) is 0 Å². The van der Waals surface area contributed by atoms with Crippen LogP contribution in [0.15, 0.2) is 24.3 Å². The number of hydrogen-bond donors (Lipinski definition) is 1. The largest absolute Gasteiger partial charge is 0.495 e. The van der Waals surface area contributed by atoms with E-state index in [9.17, 15) is 4.79 Å². The van der Waals surface area contributed by atoms with Crippen LogP contribution >= 0.6 is 0 Å². The zero-order valence-electron chi connectivity index (χ0n) is 12.5. The first-order chi connectivity index (χ1) is 9.54. The van der Waals surface area contributed by atoms with Crippen molar-refractivity contribution in [1.82, 2.24) is 4.90 Å². The van der Waals surface area contributed by atoms with E-state index < -0.39 is 5.97 Å². The highest BCUT2D eigenvalue weighted by Crippen LogP contribution is 2.27. The van der Waals surface area contributed by atoms with E-state index in [4.69, 9.17) is 9.84 Å². The van der Waals surface area contributed by atoms with Crippen molar-refractivity contribution in [3.05, 3.63) is 24.3 Å². The van der Waals surface area contributed by atoms with Gasteiger partial charge < -0.3 is 19.6 Å². The predicted molar refractivity (Wildman–Crippen MR) is 80.6 cm³/mol. The molecule has 5 heteroatoms. The van der Waals surface area contributed by atoms with Crippen molar-refractivity contribution >= 4 is 11.7 Å². The van der Waals surface area contributed by atoms with Gasteiger partial charge in [-0.2, -0.15) is 0 Å². The molecule has 0 atom stereocenters. The molecule has 5 nitrogen and oxygen atoms in total. The van der Waals surface area contributed by atoms with Crippen molar-refractivity contribution in [2.24, 2.45) is 0 Å². The second kappa shape index (κ2) is 8.43. The minimum Gasteiger partial charge on any atom is -0.495 e. The third-order valence-electron chi connectivity index (χ3n) is 3.05.